The van der Waals surface area contributed by atoms with Gasteiger partial charge in [-0.1, -0.05) is 24.6 Å². The molecule has 1 aromatic heterocycles. The van der Waals surface area contributed by atoms with Crippen molar-refractivity contribution in [3.05, 3.63) is 36.2 Å². The van der Waals surface area contributed by atoms with Crippen molar-refractivity contribution in [2.45, 2.75) is 38.3 Å². The lowest BCUT2D eigenvalue weighted by molar-refractivity contribution is 0.103. The highest BCUT2D eigenvalue weighted by Crippen LogP contribution is 2.23. The summed E-state index contributed by atoms with van der Waals surface area (Å²) in [6, 6.07) is 10.2. The van der Waals surface area contributed by atoms with Gasteiger partial charge >= 0.3 is 0 Å². The Morgan fingerprint density at radius 1 is 1.19 bits per heavy atom. The van der Waals surface area contributed by atoms with Crippen LogP contribution in [0.1, 0.15) is 31.6 Å². The lowest BCUT2D eigenvalue weighted by Gasteiger charge is -2.34. The average molecular weight is 287 g/mol. The number of rotatable bonds is 5. The molecule has 1 atom stereocenters. The number of aliphatic hydroxyl groups excluding tert-OH is 1. The Labute approximate surface area is 124 Å². The van der Waals surface area contributed by atoms with Gasteiger partial charge in [-0.2, -0.15) is 0 Å². The van der Waals surface area contributed by atoms with E-state index in [1.54, 1.807) is 0 Å². The van der Waals surface area contributed by atoms with Gasteiger partial charge in [0.25, 0.3) is 0 Å². The van der Waals surface area contributed by atoms with E-state index in [9.17, 15) is 5.11 Å². The van der Waals surface area contributed by atoms with Gasteiger partial charge in [0.05, 0.1) is 6.54 Å². The van der Waals surface area contributed by atoms with Crippen molar-refractivity contribution in [2.24, 2.45) is 0 Å². The van der Waals surface area contributed by atoms with Crippen molar-refractivity contribution < 1.29 is 9.52 Å². The number of likely N-dealkylation sites (tertiary alicyclic amines) is 1. The van der Waals surface area contributed by atoms with Gasteiger partial charge in [0.15, 0.2) is 0 Å². The third kappa shape index (κ3) is 3.49. The second-order valence-corrected chi connectivity index (χ2v) is 5.50. The Bertz CT molecular complexity index is 554. The molecular weight excluding hydrogens is 266 g/mol. The Morgan fingerprint density at radius 3 is 2.86 bits per heavy atom. The number of hydrogen-bond donors (Lipinski definition) is 1. The van der Waals surface area contributed by atoms with Crippen LogP contribution in [0.4, 0.5) is 0 Å². The SMILES string of the molecule is OCCC1CCCCN1Cc1nnc(-c2ccccc2)o1. The molecule has 0 bridgehead atoms. The maximum absolute atomic E-state index is 9.18. The summed E-state index contributed by atoms with van der Waals surface area (Å²) in [5.74, 6) is 1.22. The molecule has 5 nitrogen and oxygen atoms in total. The molecule has 0 saturated carbocycles. The van der Waals surface area contributed by atoms with Crippen LogP contribution in [-0.4, -0.2) is 39.4 Å². The minimum Gasteiger partial charge on any atom is -0.419 e. The van der Waals surface area contributed by atoms with Crippen LogP contribution in [0.2, 0.25) is 0 Å². The van der Waals surface area contributed by atoms with E-state index in [-0.39, 0.29) is 6.61 Å². The summed E-state index contributed by atoms with van der Waals surface area (Å²) in [6.07, 6.45) is 4.39. The van der Waals surface area contributed by atoms with Crippen molar-refractivity contribution >= 4 is 0 Å². The van der Waals surface area contributed by atoms with Crippen molar-refractivity contribution in [1.29, 1.82) is 0 Å². The molecular formula is C16H21N3O2. The number of aromatic nitrogens is 2. The van der Waals surface area contributed by atoms with Gasteiger partial charge in [-0.05, 0) is 37.9 Å². The zero-order valence-electron chi connectivity index (χ0n) is 12.1. The Hall–Kier alpha value is -1.72. The quantitative estimate of drug-likeness (QED) is 0.915. The van der Waals surface area contributed by atoms with E-state index in [4.69, 9.17) is 4.42 Å². The Balaban J connectivity index is 1.69. The second kappa shape index (κ2) is 6.83. The molecule has 1 aliphatic rings. The summed E-state index contributed by atoms with van der Waals surface area (Å²) < 4.78 is 5.77. The molecule has 0 spiro atoms. The van der Waals surface area contributed by atoms with E-state index in [2.05, 4.69) is 15.1 Å². The van der Waals surface area contributed by atoms with Gasteiger partial charge in [-0.15, -0.1) is 10.2 Å². The highest BCUT2D eigenvalue weighted by atomic mass is 16.4. The first-order valence-corrected chi connectivity index (χ1v) is 7.59. The molecule has 5 heteroatoms. The molecule has 1 saturated heterocycles. The van der Waals surface area contributed by atoms with Gasteiger partial charge in [0.1, 0.15) is 0 Å². The first kappa shape index (κ1) is 14.2. The van der Waals surface area contributed by atoms with Crippen LogP contribution in [0.3, 0.4) is 0 Å². The van der Waals surface area contributed by atoms with Crippen LogP contribution in [0.25, 0.3) is 11.5 Å². The Kier molecular flexibility index (Phi) is 4.62. The molecule has 2 aromatic rings. The van der Waals surface area contributed by atoms with Gasteiger partial charge in [0, 0.05) is 18.2 Å². The molecule has 112 valence electrons. The Morgan fingerprint density at radius 2 is 2.05 bits per heavy atom. The van der Waals surface area contributed by atoms with E-state index in [0.29, 0.717) is 24.4 Å². The van der Waals surface area contributed by atoms with E-state index in [0.717, 1.165) is 24.9 Å². The minimum absolute atomic E-state index is 0.236. The summed E-state index contributed by atoms with van der Waals surface area (Å²) in [4.78, 5) is 2.35. The number of aliphatic hydroxyl groups is 1. The maximum Gasteiger partial charge on any atom is 0.247 e. The van der Waals surface area contributed by atoms with Gasteiger partial charge in [0.2, 0.25) is 11.8 Å². The average Bonchev–Trinajstić information content (AvgIpc) is 2.99. The fourth-order valence-electron chi connectivity index (χ4n) is 2.93. The molecule has 2 heterocycles. The highest BCUT2D eigenvalue weighted by Gasteiger charge is 2.23. The van der Waals surface area contributed by atoms with Gasteiger partial charge < -0.3 is 9.52 Å². The topological polar surface area (TPSA) is 62.4 Å². The zero-order chi connectivity index (χ0) is 14.5. The smallest absolute Gasteiger partial charge is 0.247 e. The van der Waals surface area contributed by atoms with Gasteiger partial charge in [-0.25, -0.2) is 0 Å². The van der Waals surface area contributed by atoms with E-state index in [1.807, 2.05) is 30.3 Å². The summed E-state index contributed by atoms with van der Waals surface area (Å²) in [5, 5.41) is 17.5. The van der Waals surface area contributed by atoms with Crippen LogP contribution in [-0.2, 0) is 6.54 Å². The van der Waals surface area contributed by atoms with E-state index < -0.39 is 0 Å². The number of hydrogen-bond acceptors (Lipinski definition) is 5. The molecule has 0 aliphatic carbocycles. The van der Waals surface area contributed by atoms with Crippen LogP contribution in [0.15, 0.2) is 34.7 Å². The molecule has 1 unspecified atom stereocenters. The second-order valence-electron chi connectivity index (χ2n) is 5.50. The maximum atomic E-state index is 9.18. The largest absolute Gasteiger partial charge is 0.419 e. The summed E-state index contributed by atoms with van der Waals surface area (Å²) in [5.41, 5.74) is 0.946. The highest BCUT2D eigenvalue weighted by molar-refractivity contribution is 5.51. The van der Waals surface area contributed by atoms with Crippen LogP contribution >= 0.6 is 0 Å². The minimum atomic E-state index is 0.236. The standard InChI is InChI=1S/C16H21N3O2/c20-11-9-14-8-4-5-10-19(14)12-15-17-18-16(21-15)13-6-2-1-3-7-13/h1-3,6-7,14,20H,4-5,8-12H2. The fraction of sp³-hybridized carbons (Fsp3) is 0.500. The predicted octanol–water partition coefficient (Wildman–Crippen LogP) is 2.47. The monoisotopic (exact) mass is 287 g/mol. The van der Waals surface area contributed by atoms with Crippen LogP contribution < -0.4 is 0 Å². The number of benzene rings is 1. The molecule has 21 heavy (non-hydrogen) atoms. The van der Waals surface area contributed by atoms with E-state index >= 15 is 0 Å². The summed E-state index contributed by atoms with van der Waals surface area (Å²) in [7, 11) is 0. The lowest BCUT2D eigenvalue weighted by atomic mass is 10.00. The molecule has 1 N–H and O–H groups in total. The number of nitrogens with zero attached hydrogens (tertiary/aromatic N) is 3. The van der Waals surface area contributed by atoms with Crippen molar-refractivity contribution in [3.63, 3.8) is 0 Å². The summed E-state index contributed by atoms with van der Waals surface area (Å²) in [6.45, 7) is 1.94. The molecule has 1 fully saturated rings. The van der Waals surface area contributed by atoms with Crippen molar-refractivity contribution in [1.82, 2.24) is 15.1 Å². The third-order valence-corrected chi connectivity index (χ3v) is 4.04. The predicted molar refractivity (Wildman–Crippen MR) is 79.5 cm³/mol. The van der Waals surface area contributed by atoms with Crippen LogP contribution in [0.5, 0.6) is 0 Å². The lowest BCUT2D eigenvalue weighted by Crippen LogP contribution is -2.39. The zero-order valence-corrected chi connectivity index (χ0v) is 12.1. The first-order chi connectivity index (χ1) is 10.4. The van der Waals surface area contributed by atoms with E-state index in [1.165, 1.54) is 12.8 Å². The molecule has 3 rings (SSSR count). The van der Waals surface area contributed by atoms with Crippen molar-refractivity contribution in [2.75, 3.05) is 13.2 Å². The first-order valence-electron chi connectivity index (χ1n) is 7.59. The normalized spacial score (nSPS) is 19.8. The molecule has 1 aliphatic heterocycles. The van der Waals surface area contributed by atoms with Crippen LogP contribution in [0, 0.1) is 0 Å². The van der Waals surface area contributed by atoms with Crippen molar-refractivity contribution in [3.8, 4) is 11.5 Å². The number of piperidine rings is 1. The molecule has 0 amide bonds. The fourth-order valence-corrected chi connectivity index (χ4v) is 2.93. The molecule has 0 radical (unpaired) electrons. The molecule has 1 aromatic carbocycles. The van der Waals surface area contributed by atoms with Gasteiger partial charge in [-0.3, -0.25) is 4.90 Å². The summed E-state index contributed by atoms with van der Waals surface area (Å²) >= 11 is 0. The third-order valence-electron chi connectivity index (χ3n) is 4.04.